The first kappa shape index (κ1) is 26.0. The summed E-state index contributed by atoms with van der Waals surface area (Å²) in [6.45, 7) is 5.29. The highest BCUT2D eigenvalue weighted by molar-refractivity contribution is 5.95. The lowest BCUT2D eigenvalue weighted by molar-refractivity contribution is 0.0925. The second kappa shape index (κ2) is 11.5. The second-order valence-corrected chi connectivity index (χ2v) is 10.5. The molecule has 2 aliphatic heterocycles. The Labute approximate surface area is 234 Å². The number of carbonyl (C=O) groups excluding carboxylic acids is 1. The van der Waals surface area contributed by atoms with E-state index < -0.39 is 5.54 Å². The molecule has 0 saturated carbocycles. The van der Waals surface area contributed by atoms with E-state index in [1.807, 2.05) is 60.7 Å². The lowest BCUT2D eigenvalue weighted by Gasteiger charge is -2.38. The molecule has 1 saturated heterocycles. The van der Waals surface area contributed by atoms with E-state index in [0.717, 1.165) is 79.5 Å². The number of hydrogen-bond acceptors (Lipinski definition) is 7. The van der Waals surface area contributed by atoms with Crippen LogP contribution in [0.4, 0.5) is 5.69 Å². The van der Waals surface area contributed by atoms with E-state index in [0.29, 0.717) is 12.2 Å². The molecule has 40 heavy (non-hydrogen) atoms. The Morgan fingerprint density at radius 3 is 2.73 bits per heavy atom. The SMILES string of the molecule is CCCn1c(-c2ccncc2)nnc1C1(Nc2cccc(C(=O)N[C@@H]3CCOc4ccccc43)c2)CCNCC1. The van der Waals surface area contributed by atoms with E-state index in [1.54, 1.807) is 12.4 Å². The molecule has 4 heterocycles. The van der Waals surface area contributed by atoms with Crippen molar-refractivity contribution in [1.29, 1.82) is 0 Å². The van der Waals surface area contributed by atoms with Gasteiger partial charge in [-0.05, 0) is 68.8 Å². The summed E-state index contributed by atoms with van der Waals surface area (Å²) >= 11 is 0. The molecule has 206 valence electrons. The highest BCUT2D eigenvalue weighted by atomic mass is 16.5. The average molecular weight is 538 g/mol. The van der Waals surface area contributed by atoms with Gasteiger partial charge in [0, 0.05) is 47.7 Å². The minimum atomic E-state index is -0.423. The van der Waals surface area contributed by atoms with Crippen LogP contribution in [0.25, 0.3) is 11.4 Å². The quantitative estimate of drug-likeness (QED) is 0.299. The van der Waals surface area contributed by atoms with Gasteiger partial charge in [-0.1, -0.05) is 31.2 Å². The number of rotatable bonds is 8. The number of carbonyl (C=O) groups is 1. The van der Waals surface area contributed by atoms with E-state index in [4.69, 9.17) is 9.84 Å². The molecule has 0 bridgehead atoms. The van der Waals surface area contributed by atoms with Crippen LogP contribution in [-0.2, 0) is 12.1 Å². The summed E-state index contributed by atoms with van der Waals surface area (Å²) < 4.78 is 8.02. The second-order valence-electron chi connectivity index (χ2n) is 10.5. The molecule has 0 unspecified atom stereocenters. The maximum Gasteiger partial charge on any atom is 0.251 e. The van der Waals surface area contributed by atoms with E-state index in [-0.39, 0.29) is 11.9 Å². The first-order valence-corrected chi connectivity index (χ1v) is 14.1. The van der Waals surface area contributed by atoms with Crippen LogP contribution in [-0.4, -0.2) is 45.4 Å². The molecule has 9 nitrogen and oxygen atoms in total. The summed E-state index contributed by atoms with van der Waals surface area (Å²) in [6.07, 6.45) is 6.97. The maximum atomic E-state index is 13.4. The minimum Gasteiger partial charge on any atom is -0.493 e. The van der Waals surface area contributed by atoms with Crippen molar-refractivity contribution in [3.05, 3.63) is 90.0 Å². The minimum absolute atomic E-state index is 0.0796. The molecular weight excluding hydrogens is 502 g/mol. The number of aromatic nitrogens is 4. The number of nitrogens with zero attached hydrogens (tertiary/aromatic N) is 4. The zero-order valence-corrected chi connectivity index (χ0v) is 22.8. The lowest BCUT2D eigenvalue weighted by Crippen LogP contribution is -2.47. The molecule has 2 aromatic heterocycles. The Morgan fingerprint density at radius 1 is 1.07 bits per heavy atom. The predicted molar refractivity (Wildman–Crippen MR) is 154 cm³/mol. The molecule has 1 amide bonds. The van der Waals surface area contributed by atoms with Crippen LogP contribution in [0.3, 0.4) is 0 Å². The van der Waals surface area contributed by atoms with E-state index >= 15 is 0 Å². The van der Waals surface area contributed by atoms with Crippen LogP contribution in [0.5, 0.6) is 5.75 Å². The van der Waals surface area contributed by atoms with Crippen molar-refractivity contribution in [2.45, 2.75) is 50.7 Å². The van der Waals surface area contributed by atoms with Crippen molar-refractivity contribution in [3.8, 4) is 17.1 Å². The van der Waals surface area contributed by atoms with Gasteiger partial charge < -0.3 is 25.3 Å². The van der Waals surface area contributed by atoms with Crippen LogP contribution in [0, 0.1) is 0 Å². The number of hydrogen-bond donors (Lipinski definition) is 3. The zero-order chi connectivity index (χ0) is 27.4. The third-order valence-electron chi connectivity index (χ3n) is 7.79. The van der Waals surface area contributed by atoms with E-state index in [1.165, 1.54) is 0 Å². The highest BCUT2D eigenvalue weighted by Crippen LogP contribution is 2.36. The van der Waals surface area contributed by atoms with Crippen LogP contribution in [0.15, 0.2) is 73.1 Å². The van der Waals surface area contributed by atoms with Gasteiger partial charge in [0.1, 0.15) is 11.3 Å². The van der Waals surface area contributed by atoms with Gasteiger partial charge in [-0.3, -0.25) is 9.78 Å². The molecule has 9 heteroatoms. The Bertz CT molecular complexity index is 1460. The fourth-order valence-corrected chi connectivity index (χ4v) is 5.81. The first-order chi connectivity index (χ1) is 19.7. The first-order valence-electron chi connectivity index (χ1n) is 14.1. The van der Waals surface area contributed by atoms with Crippen LogP contribution >= 0.6 is 0 Å². The number of ether oxygens (including phenoxy) is 1. The summed E-state index contributed by atoms with van der Waals surface area (Å²) in [6, 6.07) is 19.5. The van der Waals surface area contributed by atoms with Gasteiger partial charge in [0.2, 0.25) is 0 Å². The topological polar surface area (TPSA) is 106 Å². The van der Waals surface area contributed by atoms with Gasteiger partial charge in [-0.25, -0.2) is 0 Å². The third-order valence-corrected chi connectivity index (χ3v) is 7.79. The summed E-state index contributed by atoms with van der Waals surface area (Å²) in [5.74, 6) is 2.52. The largest absolute Gasteiger partial charge is 0.493 e. The Hall–Kier alpha value is -4.24. The van der Waals surface area contributed by atoms with E-state index in [9.17, 15) is 4.79 Å². The highest BCUT2D eigenvalue weighted by Gasteiger charge is 2.39. The van der Waals surface area contributed by atoms with Gasteiger partial charge in [-0.2, -0.15) is 0 Å². The number of benzene rings is 2. The monoisotopic (exact) mass is 537 g/mol. The number of anilines is 1. The molecule has 0 aliphatic carbocycles. The van der Waals surface area contributed by atoms with Crippen molar-refractivity contribution < 1.29 is 9.53 Å². The van der Waals surface area contributed by atoms with Gasteiger partial charge >= 0.3 is 0 Å². The third kappa shape index (κ3) is 5.16. The fraction of sp³-hybridized carbons (Fsp3) is 0.355. The Morgan fingerprint density at radius 2 is 1.90 bits per heavy atom. The van der Waals surface area contributed by atoms with Crippen LogP contribution in [0.1, 0.15) is 60.4 Å². The maximum absolute atomic E-state index is 13.4. The smallest absolute Gasteiger partial charge is 0.251 e. The van der Waals surface area contributed by atoms with E-state index in [2.05, 4.69) is 37.5 Å². The number of para-hydroxylation sites is 1. The number of nitrogens with one attached hydrogen (secondary N) is 3. The van der Waals surface area contributed by atoms with Gasteiger partial charge in [0.25, 0.3) is 5.91 Å². The molecule has 1 fully saturated rings. The van der Waals surface area contributed by atoms with Crippen molar-refractivity contribution in [3.63, 3.8) is 0 Å². The van der Waals surface area contributed by atoms with Gasteiger partial charge in [0.05, 0.1) is 12.6 Å². The summed E-state index contributed by atoms with van der Waals surface area (Å²) in [5.41, 5.74) is 3.10. The Kier molecular flexibility index (Phi) is 7.46. The fourth-order valence-electron chi connectivity index (χ4n) is 5.81. The summed E-state index contributed by atoms with van der Waals surface area (Å²) in [4.78, 5) is 17.6. The zero-order valence-electron chi connectivity index (χ0n) is 22.8. The Balaban J connectivity index is 1.29. The van der Waals surface area contributed by atoms with Crippen molar-refractivity contribution in [1.82, 2.24) is 30.4 Å². The molecule has 6 rings (SSSR count). The molecule has 2 aliphatic rings. The standard InChI is InChI=1S/C31H35N7O2/c1-2-19-38-28(22-10-15-32-16-11-22)36-37-30(38)31(13-17-33-18-14-31)35-24-7-5-6-23(21-24)29(39)34-26-12-20-40-27-9-4-3-8-25(26)27/h3-11,15-16,21,26,33,35H,2,12-14,17-20H2,1H3,(H,34,39)/t26-/m1/s1. The number of pyridine rings is 1. The van der Waals surface area contributed by atoms with Gasteiger partial charge in [0.15, 0.2) is 11.6 Å². The van der Waals surface area contributed by atoms with Crippen LogP contribution in [0.2, 0.25) is 0 Å². The van der Waals surface area contributed by atoms with Crippen molar-refractivity contribution >= 4 is 11.6 Å². The lowest BCUT2D eigenvalue weighted by atomic mass is 9.86. The summed E-state index contributed by atoms with van der Waals surface area (Å²) in [7, 11) is 0. The van der Waals surface area contributed by atoms with Crippen molar-refractivity contribution in [2.24, 2.45) is 0 Å². The molecule has 4 aromatic rings. The average Bonchev–Trinajstić information content (AvgIpc) is 3.43. The molecule has 0 radical (unpaired) electrons. The number of amides is 1. The number of piperidine rings is 1. The molecule has 2 aromatic carbocycles. The van der Waals surface area contributed by atoms with Crippen LogP contribution < -0.4 is 20.7 Å². The van der Waals surface area contributed by atoms with Crippen molar-refractivity contribution in [2.75, 3.05) is 25.0 Å². The number of fused-ring (bicyclic) bond motifs is 1. The molecular formula is C31H35N7O2. The normalized spacial score (nSPS) is 17.9. The molecule has 1 atom stereocenters. The molecule has 0 spiro atoms. The predicted octanol–water partition coefficient (Wildman–Crippen LogP) is 4.69. The summed E-state index contributed by atoms with van der Waals surface area (Å²) in [5, 5.41) is 19.9. The molecule has 3 N–H and O–H groups in total. The van der Waals surface area contributed by atoms with Gasteiger partial charge in [-0.15, -0.1) is 10.2 Å².